The minimum absolute atomic E-state index is 0.0206. The number of aryl methyl sites for hydroxylation is 1. The summed E-state index contributed by atoms with van der Waals surface area (Å²) in [5, 5.41) is 11.7. The second-order valence-electron chi connectivity index (χ2n) is 7.36. The van der Waals surface area contributed by atoms with Gasteiger partial charge in [-0.3, -0.25) is 0 Å². The first-order valence-electron chi connectivity index (χ1n) is 9.31. The van der Waals surface area contributed by atoms with Crippen LogP contribution in [0.4, 0.5) is 0 Å². The van der Waals surface area contributed by atoms with Gasteiger partial charge >= 0.3 is 0 Å². The fourth-order valence-corrected chi connectivity index (χ4v) is 5.42. The third kappa shape index (κ3) is 3.26. The van der Waals surface area contributed by atoms with Gasteiger partial charge in [0.2, 0.25) is 10.0 Å². The van der Waals surface area contributed by atoms with Crippen LogP contribution in [0.5, 0.6) is 0 Å². The van der Waals surface area contributed by atoms with E-state index in [0.717, 1.165) is 16.7 Å². The Labute approximate surface area is 166 Å². The smallest absolute Gasteiger partial charge is 0.243 e. The molecule has 144 valence electrons. The Bertz CT molecular complexity index is 1050. The summed E-state index contributed by atoms with van der Waals surface area (Å²) in [6.07, 6.45) is 0. The van der Waals surface area contributed by atoms with Crippen LogP contribution < -0.4 is 0 Å². The van der Waals surface area contributed by atoms with Crippen LogP contribution in [0.2, 0.25) is 0 Å². The minimum Gasteiger partial charge on any atom is -0.383 e. The minimum atomic E-state index is -3.70. The lowest BCUT2D eigenvalue weighted by Crippen LogP contribution is -2.36. The van der Waals surface area contributed by atoms with Crippen LogP contribution in [0.1, 0.15) is 22.6 Å². The van der Waals surface area contributed by atoms with Gasteiger partial charge in [-0.2, -0.15) is 4.31 Å². The number of hydrogen-bond acceptors (Lipinski definition) is 3. The van der Waals surface area contributed by atoms with Crippen LogP contribution in [0, 0.1) is 6.92 Å². The highest BCUT2D eigenvalue weighted by molar-refractivity contribution is 7.89. The first-order chi connectivity index (χ1) is 13.4. The normalized spacial score (nSPS) is 23.0. The van der Waals surface area contributed by atoms with E-state index in [0.29, 0.717) is 0 Å². The van der Waals surface area contributed by atoms with Gasteiger partial charge in [0, 0.05) is 19.0 Å². The first kappa shape index (κ1) is 18.9. The Morgan fingerprint density at radius 2 is 1.46 bits per heavy atom. The predicted octanol–water partition coefficient (Wildman–Crippen LogP) is 3.67. The Morgan fingerprint density at radius 1 is 0.893 bits per heavy atom. The second kappa shape index (κ2) is 7.17. The predicted molar refractivity (Wildman–Crippen MR) is 109 cm³/mol. The zero-order valence-electron chi connectivity index (χ0n) is 15.7. The quantitative estimate of drug-likeness (QED) is 0.736. The van der Waals surface area contributed by atoms with Crippen molar-refractivity contribution in [2.24, 2.45) is 0 Å². The van der Waals surface area contributed by atoms with Gasteiger partial charge < -0.3 is 5.11 Å². The summed E-state index contributed by atoms with van der Waals surface area (Å²) in [5.41, 5.74) is 1.37. The van der Waals surface area contributed by atoms with Gasteiger partial charge in [-0.1, -0.05) is 78.4 Å². The Kier molecular flexibility index (Phi) is 4.83. The lowest BCUT2D eigenvalue weighted by molar-refractivity contribution is 0.0363. The molecule has 0 bridgehead atoms. The number of β-amino-alcohol motifs (C(OH)–C–C–N with tert-alkyl or cyclic N) is 1. The van der Waals surface area contributed by atoms with Crippen molar-refractivity contribution >= 4 is 10.0 Å². The largest absolute Gasteiger partial charge is 0.383 e. The highest BCUT2D eigenvalue weighted by Gasteiger charge is 2.50. The molecule has 4 rings (SSSR count). The highest BCUT2D eigenvalue weighted by Crippen LogP contribution is 2.44. The number of sulfonamides is 1. The van der Waals surface area contributed by atoms with Gasteiger partial charge in [0.25, 0.3) is 0 Å². The molecule has 1 fully saturated rings. The topological polar surface area (TPSA) is 57.6 Å². The number of nitrogens with zero attached hydrogens (tertiary/aromatic N) is 1. The molecule has 1 aliphatic rings. The third-order valence-corrected chi connectivity index (χ3v) is 7.34. The summed E-state index contributed by atoms with van der Waals surface area (Å²) in [5.74, 6) is -0.351. The van der Waals surface area contributed by atoms with Crippen molar-refractivity contribution in [2.75, 3.05) is 13.1 Å². The summed E-state index contributed by atoms with van der Waals surface area (Å²) < 4.78 is 27.9. The maximum Gasteiger partial charge on any atom is 0.243 e. The highest BCUT2D eigenvalue weighted by atomic mass is 32.2. The van der Waals surface area contributed by atoms with Gasteiger partial charge in [-0.25, -0.2) is 8.42 Å². The van der Waals surface area contributed by atoms with E-state index in [9.17, 15) is 13.5 Å². The zero-order chi connectivity index (χ0) is 19.8. The molecule has 1 saturated heterocycles. The second-order valence-corrected chi connectivity index (χ2v) is 9.30. The van der Waals surface area contributed by atoms with E-state index in [4.69, 9.17) is 0 Å². The number of benzene rings is 3. The SMILES string of the molecule is Cc1ccc(S(=O)(=O)N2C[C@H](c3ccccc3)[C@](O)(c3ccccc3)C2)cc1. The molecule has 3 aromatic carbocycles. The van der Waals surface area contributed by atoms with E-state index in [2.05, 4.69) is 0 Å². The van der Waals surface area contributed by atoms with E-state index in [1.165, 1.54) is 4.31 Å². The molecule has 0 aromatic heterocycles. The average molecular weight is 394 g/mol. The molecule has 28 heavy (non-hydrogen) atoms. The van der Waals surface area contributed by atoms with Crippen molar-refractivity contribution in [3.63, 3.8) is 0 Å². The monoisotopic (exact) mass is 393 g/mol. The maximum atomic E-state index is 13.3. The molecule has 0 aliphatic carbocycles. The molecule has 1 N–H and O–H groups in total. The van der Waals surface area contributed by atoms with Crippen molar-refractivity contribution < 1.29 is 13.5 Å². The van der Waals surface area contributed by atoms with Crippen molar-refractivity contribution in [1.29, 1.82) is 0 Å². The van der Waals surface area contributed by atoms with Crippen LogP contribution in [-0.2, 0) is 15.6 Å². The zero-order valence-corrected chi connectivity index (χ0v) is 16.5. The summed E-state index contributed by atoms with van der Waals surface area (Å²) >= 11 is 0. The molecule has 4 nitrogen and oxygen atoms in total. The standard InChI is InChI=1S/C23H23NO3S/c1-18-12-14-21(15-13-18)28(26,27)24-16-22(19-8-4-2-5-9-19)23(25,17-24)20-10-6-3-7-11-20/h2-15,22,25H,16-17H2,1H3/t22-,23-/m1/s1. The summed E-state index contributed by atoms with van der Waals surface area (Å²) in [4.78, 5) is 0.252. The van der Waals surface area contributed by atoms with Crippen molar-refractivity contribution in [3.05, 3.63) is 102 Å². The van der Waals surface area contributed by atoms with Gasteiger partial charge in [-0.15, -0.1) is 0 Å². The van der Waals surface area contributed by atoms with Crippen LogP contribution in [0.15, 0.2) is 89.8 Å². The maximum absolute atomic E-state index is 13.3. The van der Waals surface area contributed by atoms with E-state index in [1.807, 2.05) is 67.6 Å². The molecule has 0 spiro atoms. The number of rotatable bonds is 4. The van der Waals surface area contributed by atoms with Crippen LogP contribution >= 0.6 is 0 Å². The Morgan fingerprint density at radius 3 is 2.07 bits per heavy atom. The third-order valence-electron chi connectivity index (χ3n) is 5.51. The molecule has 3 aromatic rings. The fourth-order valence-electron chi connectivity index (χ4n) is 3.93. The molecule has 0 saturated carbocycles. The van der Waals surface area contributed by atoms with Crippen molar-refractivity contribution in [1.82, 2.24) is 4.31 Å². The van der Waals surface area contributed by atoms with Crippen molar-refractivity contribution in [3.8, 4) is 0 Å². The van der Waals surface area contributed by atoms with Crippen LogP contribution in [-0.4, -0.2) is 30.9 Å². The van der Waals surface area contributed by atoms with Crippen LogP contribution in [0.25, 0.3) is 0 Å². The van der Waals surface area contributed by atoms with Gasteiger partial charge in [0.1, 0.15) is 5.60 Å². The molecule has 1 heterocycles. The van der Waals surface area contributed by atoms with E-state index >= 15 is 0 Å². The summed E-state index contributed by atoms with van der Waals surface area (Å²) in [7, 11) is -3.70. The molecule has 2 atom stereocenters. The van der Waals surface area contributed by atoms with Crippen LogP contribution in [0.3, 0.4) is 0 Å². The molecule has 5 heteroatoms. The Balaban J connectivity index is 1.77. The van der Waals surface area contributed by atoms with Gasteiger partial charge in [0.15, 0.2) is 0 Å². The number of hydrogen-bond donors (Lipinski definition) is 1. The molecule has 0 amide bonds. The summed E-state index contributed by atoms with van der Waals surface area (Å²) in [6.45, 7) is 2.17. The first-order valence-corrected chi connectivity index (χ1v) is 10.7. The van der Waals surface area contributed by atoms with E-state index in [1.54, 1.807) is 24.3 Å². The molecule has 0 unspecified atom stereocenters. The molecular formula is C23H23NO3S. The summed E-state index contributed by atoms with van der Waals surface area (Å²) in [6, 6.07) is 25.8. The number of aliphatic hydroxyl groups is 1. The molecule has 0 radical (unpaired) electrons. The van der Waals surface area contributed by atoms with Gasteiger partial charge in [-0.05, 0) is 30.2 Å². The fraction of sp³-hybridized carbons (Fsp3) is 0.217. The lowest BCUT2D eigenvalue weighted by Gasteiger charge is -2.30. The molecule has 1 aliphatic heterocycles. The van der Waals surface area contributed by atoms with E-state index in [-0.39, 0.29) is 23.9 Å². The van der Waals surface area contributed by atoms with E-state index < -0.39 is 15.6 Å². The van der Waals surface area contributed by atoms with Gasteiger partial charge in [0.05, 0.1) is 4.90 Å². The average Bonchev–Trinajstić information content (AvgIpc) is 3.09. The lowest BCUT2D eigenvalue weighted by atomic mass is 9.80. The van der Waals surface area contributed by atoms with Crippen molar-refractivity contribution in [2.45, 2.75) is 23.3 Å². The molecular weight excluding hydrogens is 370 g/mol. The Hall–Kier alpha value is -2.47.